The molecule has 2 aliphatic carbocycles. The normalized spacial score (nSPS) is 37.9. The molecule has 3 heterocycles. The summed E-state index contributed by atoms with van der Waals surface area (Å²) in [5.41, 5.74) is 3.50. The van der Waals surface area contributed by atoms with Gasteiger partial charge in [-0.05, 0) is 76.5 Å². The highest BCUT2D eigenvalue weighted by Crippen LogP contribution is 2.40. The third kappa shape index (κ3) is 5.55. The van der Waals surface area contributed by atoms with E-state index in [1.807, 2.05) is 16.7 Å². The van der Waals surface area contributed by atoms with E-state index in [1.54, 1.807) is 6.92 Å². The van der Waals surface area contributed by atoms with Gasteiger partial charge in [0.25, 0.3) is 0 Å². The van der Waals surface area contributed by atoms with Gasteiger partial charge in [-0.2, -0.15) is 0 Å². The summed E-state index contributed by atoms with van der Waals surface area (Å²) >= 11 is 0. The summed E-state index contributed by atoms with van der Waals surface area (Å²) in [5, 5.41) is 2.17. The number of nitrogens with zero attached hydrogens (tertiary/aromatic N) is 3. The smallest absolute Gasteiger partial charge is 0.410 e. The van der Waals surface area contributed by atoms with E-state index in [1.165, 1.54) is 6.42 Å². The second-order valence-corrected chi connectivity index (χ2v) is 14.2. The predicted molar refractivity (Wildman–Crippen MR) is 137 cm³/mol. The van der Waals surface area contributed by atoms with Crippen LogP contribution in [0, 0.1) is 11.8 Å². The molecule has 2 saturated carbocycles. The summed E-state index contributed by atoms with van der Waals surface area (Å²) in [6.45, 7) is 5.90. The topological polar surface area (TPSA) is 99.3 Å². The third-order valence-electron chi connectivity index (χ3n) is 9.47. The number of carbonyl (C=O) groups excluding carboxylic acids is 2. The Balaban J connectivity index is 1.27. The molecule has 0 aromatic carbocycles. The minimum absolute atomic E-state index is 0.0175. The van der Waals surface area contributed by atoms with Gasteiger partial charge in [0.2, 0.25) is 5.91 Å². The molecule has 0 bridgehead atoms. The van der Waals surface area contributed by atoms with Gasteiger partial charge < -0.3 is 14.5 Å². The number of amides is 2. The fraction of sp³-hybridized carbons (Fsp3) is 0.923. The van der Waals surface area contributed by atoms with Crippen LogP contribution in [0.5, 0.6) is 0 Å². The number of nitrogens with one attached hydrogen (secondary N) is 1. The number of ether oxygens (including phenoxy) is 1. The van der Waals surface area contributed by atoms with Crippen LogP contribution < -0.4 is 5.43 Å². The molecular weight excluding hydrogens is 480 g/mol. The minimum Gasteiger partial charge on any atom is -0.446 e. The lowest BCUT2D eigenvalue weighted by Gasteiger charge is -2.54. The number of hydrogen-bond donors (Lipinski definition) is 1. The van der Waals surface area contributed by atoms with Crippen molar-refractivity contribution in [3.63, 3.8) is 0 Å². The van der Waals surface area contributed by atoms with Gasteiger partial charge in [0.15, 0.2) is 9.84 Å². The molecule has 9 nitrogen and oxygen atoms in total. The Kier molecular flexibility index (Phi) is 7.85. The lowest BCUT2D eigenvalue weighted by Crippen LogP contribution is -2.67. The molecule has 10 heteroatoms. The van der Waals surface area contributed by atoms with E-state index in [9.17, 15) is 18.0 Å². The van der Waals surface area contributed by atoms with Gasteiger partial charge >= 0.3 is 6.09 Å². The summed E-state index contributed by atoms with van der Waals surface area (Å²) < 4.78 is 30.4. The standard InChI is InChI=1S/C26H44N4O5S/c1-18-15-28(26(32)35-23-8-4-3-5-9-23)25-13-20(10-11-24(25)30(18)19(2)31)21-14-27-29(16-21)22-7-6-12-36(33,34)17-22/h18,20-25,27H,3-17H2,1-2H3/t18-,20?,21?,22?,24?,25?/m0/s1. The zero-order chi connectivity index (χ0) is 25.4. The molecule has 36 heavy (non-hydrogen) atoms. The van der Waals surface area contributed by atoms with Gasteiger partial charge in [-0.15, -0.1) is 0 Å². The van der Waals surface area contributed by atoms with E-state index in [-0.39, 0.29) is 48.0 Å². The molecule has 204 valence electrons. The SMILES string of the molecule is CC(=O)N1C2CCC(C3CNN(C4CCCS(=O)(=O)C4)C3)CC2N(C(=O)OC2CCCCC2)C[C@@H]1C. The number of carbonyl (C=O) groups is 2. The van der Waals surface area contributed by atoms with Crippen molar-refractivity contribution in [3.05, 3.63) is 0 Å². The van der Waals surface area contributed by atoms with Crippen molar-refractivity contribution in [2.24, 2.45) is 11.8 Å². The number of hydrazine groups is 1. The number of rotatable bonds is 3. The summed E-state index contributed by atoms with van der Waals surface area (Å²) in [4.78, 5) is 30.0. The van der Waals surface area contributed by atoms with Crippen LogP contribution in [0.4, 0.5) is 4.79 Å². The van der Waals surface area contributed by atoms with Crippen LogP contribution in [0.25, 0.3) is 0 Å². The highest BCUT2D eigenvalue weighted by Gasteiger charge is 2.49. The zero-order valence-electron chi connectivity index (χ0n) is 21.9. The van der Waals surface area contributed by atoms with Crippen molar-refractivity contribution in [2.75, 3.05) is 31.1 Å². The van der Waals surface area contributed by atoms with Crippen molar-refractivity contribution in [3.8, 4) is 0 Å². The lowest BCUT2D eigenvalue weighted by molar-refractivity contribution is -0.142. The summed E-state index contributed by atoms with van der Waals surface area (Å²) in [7, 11) is -2.95. The first kappa shape index (κ1) is 26.2. The van der Waals surface area contributed by atoms with Crippen LogP contribution in [0.1, 0.15) is 78.1 Å². The molecule has 2 amide bonds. The van der Waals surface area contributed by atoms with Crippen LogP contribution in [0.2, 0.25) is 0 Å². The molecular formula is C26H44N4O5S. The molecule has 5 rings (SSSR count). The number of piperazine rings is 1. The molecule has 3 saturated heterocycles. The summed E-state index contributed by atoms with van der Waals surface area (Å²) in [6, 6.07) is 0.0475. The van der Waals surface area contributed by atoms with E-state index in [0.717, 1.165) is 70.9 Å². The fourth-order valence-electron chi connectivity index (χ4n) is 7.69. The Morgan fingerprint density at radius 3 is 2.42 bits per heavy atom. The second kappa shape index (κ2) is 10.8. The van der Waals surface area contributed by atoms with Crippen LogP contribution >= 0.6 is 0 Å². The van der Waals surface area contributed by atoms with E-state index < -0.39 is 9.84 Å². The Bertz CT molecular complexity index is 923. The van der Waals surface area contributed by atoms with Crippen LogP contribution in [0.3, 0.4) is 0 Å². The molecule has 5 unspecified atom stereocenters. The molecule has 5 aliphatic rings. The maximum absolute atomic E-state index is 13.4. The highest BCUT2D eigenvalue weighted by molar-refractivity contribution is 7.91. The monoisotopic (exact) mass is 524 g/mol. The molecule has 0 spiro atoms. The highest BCUT2D eigenvalue weighted by atomic mass is 32.2. The zero-order valence-corrected chi connectivity index (χ0v) is 22.8. The fourth-order valence-corrected chi connectivity index (χ4v) is 9.39. The van der Waals surface area contributed by atoms with Gasteiger partial charge in [0.1, 0.15) is 6.10 Å². The van der Waals surface area contributed by atoms with Crippen molar-refractivity contribution in [2.45, 2.75) is 108 Å². The van der Waals surface area contributed by atoms with E-state index in [0.29, 0.717) is 24.1 Å². The maximum Gasteiger partial charge on any atom is 0.410 e. The van der Waals surface area contributed by atoms with Crippen LogP contribution in [-0.2, 0) is 19.4 Å². The first-order valence-electron chi connectivity index (χ1n) is 14.2. The number of fused-ring (bicyclic) bond motifs is 1. The maximum atomic E-state index is 13.4. The quantitative estimate of drug-likeness (QED) is 0.606. The van der Waals surface area contributed by atoms with E-state index in [4.69, 9.17) is 4.74 Å². The average Bonchev–Trinajstić information content (AvgIpc) is 3.33. The predicted octanol–water partition coefficient (Wildman–Crippen LogP) is 2.56. The Morgan fingerprint density at radius 1 is 0.917 bits per heavy atom. The van der Waals surface area contributed by atoms with Crippen LogP contribution in [0.15, 0.2) is 0 Å². The molecule has 6 atom stereocenters. The van der Waals surface area contributed by atoms with Crippen molar-refractivity contribution in [1.29, 1.82) is 0 Å². The van der Waals surface area contributed by atoms with Crippen molar-refractivity contribution < 1.29 is 22.7 Å². The Labute approximate surface area is 216 Å². The van der Waals surface area contributed by atoms with Crippen molar-refractivity contribution >= 4 is 21.8 Å². The van der Waals surface area contributed by atoms with Gasteiger partial charge in [0.05, 0.1) is 23.6 Å². The largest absolute Gasteiger partial charge is 0.446 e. The van der Waals surface area contributed by atoms with Gasteiger partial charge in [-0.25, -0.2) is 18.2 Å². The third-order valence-corrected chi connectivity index (χ3v) is 11.3. The first-order chi connectivity index (χ1) is 17.2. The Morgan fingerprint density at radius 2 is 1.69 bits per heavy atom. The number of sulfone groups is 1. The molecule has 0 aromatic heterocycles. The second-order valence-electron chi connectivity index (χ2n) is 12.0. The number of hydrogen-bond acceptors (Lipinski definition) is 7. The molecule has 3 aliphatic heterocycles. The van der Waals surface area contributed by atoms with Crippen LogP contribution in [-0.4, -0.2) is 96.6 Å². The first-order valence-corrected chi connectivity index (χ1v) is 16.0. The van der Waals surface area contributed by atoms with Gasteiger partial charge in [0, 0.05) is 38.6 Å². The molecule has 5 fully saturated rings. The molecule has 0 aromatic rings. The minimum atomic E-state index is -2.95. The average molecular weight is 525 g/mol. The van der Waals surface area contributed by atoms with Gasteiger partial charge in [-0.1, -0.05) is 6.42 Å². The molecule has 1 N–H and O–H groups in total. The van der Waals surface area contributed by atoms with E-state index >= 15 is 0 Å². The molecule has 0 radical (unpaired) electrons. The summed E-state index contributed by atoms with van der Waals surface area (Å²) in [6.07, 6.45) is 9.60. The van der Waals surface area contributed by atoms with E-state index in [2.05, 4.69) is 10.4 Å². The van der Waals surface area contributed by atoms with Crippen molar-refractivity contribution in [1.82, 2.24) is 20.2 Å². The van der Waals surface area contributed by atoms with Gasteiger partial charge in [-0.3, -0.25) is 10.2 Å². The lowest BCUT2D eigenvalue weighted by atomic mass is 9.73. The summed E-state index contributed by atoms with van der Waals surface area (Å²) in [5.74, 6) is 1.48. The Hall–Kier alpha value is -1.39.